The Morgan fingerprint density at radius 3 is 2.17 bits per heavy atom. The highest BCUT2D eigenvalue weighted by atomic mass is 35.5. The molecule has 0 unspecified atom stereocenters. The topological polar surface area (TPSA) is 84.9 Å². The van der Waals surface area contributed by atoms with E-state index in [9.17, 15) is 13.2 Å². The van der Waals surface area contributed by atoms with Crippen molar-refractivity contribution in [1.82, 2.24) is 0 Å². The Balaban J connectivity index is 2.44. The number of hydrogen-bond donors (Lipinski definition) is 1. The molecule has 1 atom stereocenters. The van der Waals surface area contributed by atoms with Gasteiger partial charge >= 0.3 is 0 Å². The Kier molecular flexibility index (Phi) is 7.62. The van der Waals surface area contributed by atoms with E-state index < -0.39 is 22.0 Å². The van der Waals surface area contributed by atoms with Crippen molar-refractivity contribution in [3.05, 3.63) is 46.4 Å². The SMILES string of the molecule is CC[C@@H](C(=O)Nc1cc(OC)c(Cl)cc1OC)N(c1ccc(Cl)cc1)S(C)(=O)=O. The number of halogens is 2. The maximum absolute atomic E-state index is 13.1. The molecule has 0 fully saturated rings. The van der Waals surface area contributed by atoms with E-state index in [1.165, 1.54) is 26.4 Å². The molecule has 0 aromatic heterocycles. The molecule has 0 radical (unpaired) electrons. The van der Waals surface area contributed by atoms with Gasteiger partial charge in [-0.15, -0.1) is 0 Å². The molecule has 1 amide bonds. The van der Waals surface area contributed by atoms with Crippen LogP contribution in [0.3, 0.4) is 0 Å². The third-order valence-electron chi connectivity index (χ3n) is 4.14. The number of nitrogens with zero attached hydrogens (tertiary/aromatic N) is 1. The first-order chi connectivity index (χ1) is 13.6. The molecule has 0 bridgehead atoms. The van der Waals surface area contributed by atoms with E-state index in [2.05, 4.69) is 5.32 Å². The van der Waals surface area contributed by atoms with Gasteiger partial charge in [-0.05, 0) is 30.7 Å². The highest BCUT2D eigenvalue weighted by Crippen LogP contribution is 2.36. The number of rotatable bonds is 8. The van der Waals surface area contributed by atoms with Gasteiger partial charge in [0.05, 0.1) is 36.9 Å². The fraction of sp³-hybridized carbons (Fsp3) is 0.316. The Morgan fingerprint density at radius 2 is 1.69 bits per heavy atom. The van der Waals surface area contributed by atoms with Crippen molar-refractivity contribution in [1.29, 1.82) is 0 Å². The van der Waals surface area contributed by atoms with Crippen LogP contribution in [0.5, 0.6) is 11.5 Å². The van der Waals surface area contributed by atoms with Gasteiger partial charge in [0.15, 0.2) is 0 Å². The zero-order valence-electron chi connectivity index (χ0n) is 16.4. The largest absolute Gasteiger partial charge is 0.495 e. The Labute approximate surface area is 180 Å². The summed E-state index contributed by atoms with van der Waals surface area (Å²) in [6, 6.07) is 8.23. The van der Waals surface area contributed by atoms with Gasteiger partial charge in [-0.25, -0.2) is 8.42 Å². The van der Waals surface area contributed by atoms with Crippen molar-refractivity contribution in [2.24, 2.45) is 0 Å². The van der Waals surface area contributed by atoms with Crippen LogP contribution in [0.25, 0.3) is 0 Å². The van der Waals surface area contributed by atoms with Crippen molar-refractivity contribution in [3.8, 4) is 11.5 Å². The molecule has 0 aliphatic heterocycles. The molecule has 2 aromatic carbocycles. The molecule has 2 aromatic rings. The molecular formula is C19H22Cl2N2O5S. The lowest BCUT2D eigenvalue weighted by Gasteiger charge is -2.30. The van der Waals surface area contributed by atoms with E-state index in [4.69, 9.17) is 32.7 Å². The number of ether oxygens (including phenoxy) is 2. The molecule has 0 heterocycles. The molecule has 2 rings (SSSR count). The van der Waals surface area contributed by atoms with E-state index in [0.717, 1.165) is 10.6 Å². The first kappa shape index (κ1) is 23.1. The number of anilines is 2. The second kappa shape index (κ2) is 9.56. The number of carbonyl (C=O) groups is 1. The number of sulfonamides is 1. The first-order valence-corrected chi connectivity index (χ1v) is 11.2. The minimum absolute atomic E-state index is 0.231. The third kappa shape index (κ3) is 5.46. The molecule has 0 saturated carbocycles. The lowest BCUT2D eigenvalue weighted by molar-refractivity contribution is -0.117. The highest BCUT2D eigenvalue weighted by molar-refractivity contribution is 7.92. The minimum Gasteiger partial charge on any atom is -0.495 e. The van der Waals surface area contributed by atoms with Crippen molar-refractivity contribution < 1.29 is 22.7 Å². The van der Waals surface area contributed by atoms with E-state index in [1.807, 2.05) is 0 Å². The number of nitrogens with one attached hydrogen (secondary N) is 1. The number of amides is 1. The molecule has 1 N–H and O–H groups in total. The van der Waals surface area contributed by atoms with Crippen LogP contribution in [0.4, 0.5) is 11.4 Å². The fourth-order valence-electron chi connectivity index (χ4n) is 2.82. The van der Waals surface area contributed by atoms with Gasteiger partial charge in [-0.2, -0.15) is 0 Å². The molecule has 0 aliphatic carbocycles. The van der Waals surface area contributed by atoms with Gasteiger partial charge in [-0.1, -0.05) is 30.1 Å². The zero-order chi connectivity index (χ0) is 21.8. The van der Waals surface area contributed by atoms with E-state index in [0.29, 0.717) is 32.9 Å². The predicted molar refractivity (Wildman–Crippen MR) is 116 cm³/mol. The summed E-state index contributed by atoms with van der Waals surface area (Å²) in [5, 5.41) is 3.48. The number of hydrogen-bond acceptors (Lipinski definition) is 5. The Bertz CT molecular complexity index is 981. The van der Waals surface area contributed by atoms with Gasteiger partial charge in [-0.3, -0.25) is 9.10 Å². The van der Waals surface area contributed by atoms with Crippen molar-refractivity contribution >= 4 is 50.5 Å². The summed E-state index contributed by atoms with van der Waals surface area (Å²) < 4.78 is 36.5. The molecular weight excluding hydrogens is 439 g/mol. The van der Waals surface area contributed by atoms with Gasteiger partial charge in [0, 0.05) is 17.2 Å². The molecule has 158 valence electrons. The highest BCUT2D eigenvalue weighted by Gasteiger charge is 2.32. The van der Waals surface area contributed by atoms with Crippen LogP contribution in [0.15, 0.2) is 36.4 Å². The molecule has 0 aliphatic rings. The summed E-state index contributed by atoms with van der Waals surface area (Å²) in [5.74, 6) is 0.125. The average Bonchev–Trinajstić information content (AvgIpc) is 2.66. The number of methoxy groups -OCH3 is 2. The second-order valence-corrected chi connectivity index (χ2v) is 8.84. The molecule has 10 heteroatoms. The summed E-state index contributed by atoms with van der Waals surface area (Å²) >= 11 is 12.0. The lowest BCUT2D eigenvalue weighted by atomic mass is 10.1. The van der Waals surface area contributed by atoms with Crippen LogP contribution in [0.1, 0.15) is 13.3 Å². The van der Waals surface area contributed by atoms with Crippen LogP contribution >= 0.6 is 23.2 Å². The third-order valence-corrected chi connectivity index (χ3v) is 5.87. The van der Waals surface area contributed by atoms with E-state index in [-0.39, 0.29) is 6.42 Å². The molecule has 0 spiro atoms. The Morgan fingerprint density at radius 1 is 1.10 bits per heavy atom. The van der Waals surface area contributed by atoms with Gasteiger partial charge in [0.25, 0.3) is 0 Å². The molecule has 7 nitrogen and oxygen atoms in total. The second-order valence-electron chi connectivity index (χ2n) is 6.14. The van der Waals surface area contributed by atoms with Gasteiger partial charge < -0.3 is 14.8 Å². The lowest BCUT2D eigenvalue weighted by Crippen LogP contribution is -2.47. The van der Waals surface area contributed by atoms with Crippen LogP contribution in [0.2, 0.25) is 10.0 Å². The van der Waals surface area contributed by atoms with Gasteiger partial charge in [0.2, 0.25) is 15.9 Å². The van der Waals surface area contributed by atoms with Gasteiger partial charge in [0.1, 0.15) is 17.5 Å². The quantitative estimate of drug-likeness (QED) is 0.637. The summed E-state index contributed by atoms with van der Waals surface area (Å²) in [6.45, 7) is 1.72. The molecule has 0 saturated heterocycles. The monoisotopic (exact) mass is 460 g/mol. The maximum atomic E-state index is 13.1. The van der Waals surface area contributed by atoms with Crippen LogP contribution in [-0.4, -0.2) is 40.8 Å². The molecule has 29 heavy (non-hydrogen) atoms. The smallest absolute Gasteiger partial charge is 0.248 e. The first-order valence-electron chi connectivity index (χ1n) is 8.59. The average molecular weight is 461 g/mol. The van der Waals surface area contributed by atoms with Crippen molar-refractivity contribution in [2.75, 3.05) is 30.1 Å². The predicted octanol–water partition coefficient (Wildman–Crippen LogP) is 4.19. The fourth-order valence-corrected chi connectivity index (χ4v) is 4.39. The zero-order valence-corrected chi connectivity index (χ0v) is 18.7. The number of carbonyl (C=O) groups excluding carboxylic acids is 1. The summed E-state index contributed by atoms with van der Waals surface area (Å²) in [7, 11) is -0.886. The maximum Gasteiger partial charge on any atom is 0.248 e. The summed E-state index contributed by atoms with van der Waals surface area (Å²) in [4.78, 5) is 13.1. The Hall–Kier alpha value is -2.16. The van der Waals surface area contributed by atoms with Crippen LogP contribution < -0.4 is 19.1 Å². The van der Waals surface area contributed by atoms with E-state index >= 15 is 0 Å². The van der Waals surface area contributed by atoms with Crippen LogP contribution in [0, 0.1) is 0 Å². The summed E-state index contributed by atoms with van der Waals surface area (Å²) in [6.07, 6.45) is 1.28. The van der Waals surface area contributed by atoms with E-state index in [1.54, 1.807) is 31.2 Å². The summed E-state index contributed by atoms with van der Waals surface area (Å²) in [5.41, 5.74) is 0.640. The normalized spacial score (nSPS) is 12.2. The minimum atomic E-state index is -3.76. The number of benzene rings is 2. The van der Waals surface area contributed by atoms with Crippen molar-refractivity contribution in [2.45, 2.75) is 19.4 Å². The standard InChI is InChI=1S/C19H22Cl2N2O5S/c1-5-16(23(29(4,25)26)13-8-6-12(20)7-9-13)19(24)22-15-11-17(27-2)14(21)10-18(15)28-3/h6-11,16H,5H2,1-4H3,(H,22,24)/t16-/m0/s1. The van der Waals surface area contributed by atoms with Crippen molar-refractivity contribution in [3.63, 3.8) is 0 Å². The van der Waals surface area contributed by atoms with Crippen LogP contribution in [-0.2, 0) is 14.8 Å².